The summed E-state index contributed by atoms with van der Waals surface area (Å²) in [5.41, 5.74) is 6.53. The summed E-state index contributed by atoms with van der Waals surface area (Å²) in [6.07, 6.45) is 1.54. The minimum absolute atomic E-state index is 0.107. The molecule has 0 aliphatic rings. The van der Waals surface area contributed by atoms with Gasteiger partial charge in [0.1, 0.15) is 0 Å². The molecule has 1 N–H and O–H groups in total. The lowest BCUT2D eigenvalue weighted by Gasteiger charge is -2.11. The van der Waals surface area contributed by atoms with E-state index in [9.17, 15) is 14.9 Å². The molecule has 1 heterocycles. The first kappa shape index (κ1) is 20.3. The molecule has 8 heteroatoms. The average Bonchev–Trinajstić information content (AvgIpc) is 2.96. The molecule has 0 saturated carbocycles. The van der Waals surface area contributed by atoms with Gasteiger partial charge in [0.2, 0.25) is 0 Å². The summed E-state index contributed by atoms with van der Waals surface area (Å²) in [5.74, 6) is -0.524. The van der Waals surface area contributed by atoms with Crippen LogP contribution in [0.5, 0.6) is 0 Å². The number of carbonyl (C=O) groups is 1. The Kier molecular flexibility index (Phi) is 5.79. The molecule has 0 aliphatic carbocycles. The van der Waals surface area contributed by atoms with Crippen molar-refractivity contribution in [3.63, 3.8) is 0 Å². The lowest BCUT2D eigenvalue weighted by Crippen LogP contribution is -2.18. The van der Waals surface area contributed by atoms with Crippen molar-refractivity contribution in [1.29, 1.82) is 0 Å². The van der Waals surface area contributed by atoms with Gasteiger partial charge in [-0.25, -0.2) is 5.43 Å². The molecule has 148 valence electrons. The van der Waals surface area contributed by atoms with Crippen LogP contribution in [0.3, 0.4) is 0 Å². The highest BCUT2D eigenvalue weighted by molar-refractivity contribution is 6.32. The fourth-order valence-electron chi connectivity index (χ4n) is 3.09. The van der Waals surface area contributed by atoms with Gasteiger partial charge in [-0.3, -0.25) is 14.9 Å². The van der Waals surface area contributed by atoms with E-state index in [-0.39, 0.29) is 11.3 Å². The van der Waals surface area contributed by atoms with Crippen LogP contribution >= 0.6 is 11.6 Å². The summed E-state index contributed by atoms with van der Waals surface area (Å²) in [6.45, 7) is 5.51. The number of para-hydroxylation sites is 1. The Morgan fingerprint density at radius 3 is 2.59 bits per heavy atom. The maximum Gasteiger partial charge on any atom is 0.273 e. The van der Waals surface area contributed by atoms with Crippen LogP contribution in [0.1, 0.15) is 32.9 Å². The molecule has 0 fully saturated rings. The Bertz CT molecular complexity index is 1130. The zero-order valence-electron chi connectivity index (χ0n) is 16.1. The van der Waals surface area contributed by atoms with Crippen LogP contribution in [0.25, 0.3) is 5.69 Å². The number of carbonyl (C=O) groups excluding carboxylic acids is 1. The van der Waals surface area contributed by atoms with Gasteiger partial charge in [-0.2, -0.15) is 5.10 Å². The Labute approximate surface area is 172 Å². The summed E-state index contributed by atoms with van der Waals surface area (Å²) in [5, 5.41) is 15.7. The minimum atomic E-state index is -0.524. The van der Waals surface area contributed by atoms with Gasteiger partial charge in [0.05, 0.1) is 21.8 Å². The van der Waals surface area contributed by atoms with Gasteiger partial charge >= 0.3 is 0 Å². The van der Waals surface area contributed by atoms with Crippen LogP contribution in [0, 0.1) is 30.9 Å². The van der Waals surface area contributed by atoms with Crippen LogP contribution in [0.2, 0.25) is 5.02 Å². The highest BCUT2D eigenvalue weighted by Crippen LogP contribution is 2.25. The molecule has 0 bridgehead atoms. The molecule has 3 aromatic rings. The Hall–Kier alpha value is -3.45. The van der Waals surface area contributed by atoms with Crippen molar-refractivity contribution in [2.75, 3.05) is 0 Å². The first-order valence-corrected chi connectivity index (χ1v) is 9.19. The lowest BCUT2D eigenvalue weighted by molar-refractivity contribution is -0.385. The van der Waals surface area contributed by atoms with E-state index in [4.69, 9.17) is 11.6 Å². The maximum absolute atomic E-state index is 12.3. The third-order valence-corrected chi connectivity index (χ3v) is 4.92. The van der Waals surface area contributed by atoms with Gasteiger partial charge < -0.3 is 4.57 Å². The molecule has 0 unspecified atom stereocenters. The van der Waals surface area contributed by atoms with E-state index < -0.39 is 10.8 Å². The number of hydrazone groups is 1. The largest absolute Gasteiger partial charge is 0.316 e. The molecule has 1 amide bonds. The smallest absolute Gasteiger partial charge is 0.273 e. The molecule has 1 aromatic heterocycles. The second-order valence-corrected chi connectivity index (χ2v) is 6.98. The van der Waals surface area contributed by atoms with Gasteiger partial charge in [-0.05, 0) is 45.0 Å². The fraction of sp³-hybridized carbons (Fsp3) is 0.143. The second kappa shape index (κ2) is 8.28. The maximum atomic E-state index is 12.3. The number of nitrogens with one attached hydrogen (secondary N) is 1. The number of aryl methyl sites for hydroxylation is 2. The van der Waals surface area contributed by atoms with Crippen LogP contribution in [-0.4, -0.2) is 21.6 Å². The van der Waals surface area contributed by atoms with Crippen LogP contribution in [-0.2, 0) is 0 Å². The quantitative estimate of drug-likeness (QED) is 0.374. The molecule has 0 aliphatic heterocycles. The number of amides is 1. The third kappa shape index (κ3) is 4.20. The fourth-order valence-corrected chi connectivity index (χ4v) is 3.31. The van der Waals surface area contributed by atoms with Crippen molar-refractivity contribution < 1.29 is 9.72 Å². The molecule has 0 spiro atoms. The number of nitro groups is 1. The van der Waals surface area contributed by atoms with E-state index in [1.54, 1.807) is 6.92 Å². The predicted molar refractivity (Wildman–Crippen MR) is 113 cm³/mol. The molecular formula is C21H19ClN4O3. The average molecular weight is 411 g/mol. The number of halogens is 1. The highest BCUT2D eigenvalue weighted by Gasteiger charge is 2.15. The van der Waals surface area contributed by atoms with Crippen LogP contribution in [0.15, 0.2) is 53.6 Å². The summed E-state index contributed by atoms with van der Waals surface area (Å²) in [7, 11) is 0. The number of rotatable bonds is 5. The third-order valence-electron chi connectivity index (χ3n) is 4.60. The van der Waals surface area contributed by atoms with E-state index in [0.29, 0.717) is 10.6 Å². The van der Waals surface area contributed by atoms with Crippen LogP contribution < -0.4 is 5.43 Å². The summed E-state index contributed by atoms with van der Waals surface area (Å²) >= 11 is 6.31. The SMILES string of the molecule is Cc1ccc(C(=O)N/N=C\c2cc(C)n(-c3ccccc3Cl)c2C)cc1[N+](=O)[O-]. The van der Waals surface area contributed by atoms with E-state index in [2.05, 4.69) is 10.5 Å². The molecule has 2 aromatic carbocycles. The van der Waals surface area contributed by atoms with Gasteiger partial charge in [0.25, 0.3) is 11.6 Å². The number of nitro benzene ring substituents is 1. The Morgan fingerprint density at radius 1 is 1.17 bits per heavy atom. The van der Waals surface area contributed by atoms with E-state index in [1.807, 2.05) is 48.7 Å². The molecule has 0 atom stereocenters. The van der Waals surface area contributed by atoms with E-state index >= 15 is 0 Å². The topological polar surface area (TPSA) is 89.5 Å². The van der Waals surface area contributed by atoms with E-state index in [1.165, 1.54) is 24.4 Å². The standard InChI is InChI=1S/C21H19ClN4O3/c1-13-8-9-16(11-20(13)26(28)29)21(27)24-23-12-17-10-14(2)25(15(17)3)19-7-5-4-6-18(19)22/h4-12H,1-3H3,(H,24,27)/b23-12-. The van der Waals surface area contributed by atoms with Gasteiger partial charge in [-0.15, -0.1) is 0 Å². The number of aromatic nitrogens is 1. The van der Waals surface area contributed by atoms with Crippen molar-refractivity contribution in [2.24, 2.45) is 5.10 Å². The zero-order chi connectivity index (χ0) is 21.1. The van der Waals surface area contributed by atoms with Crippen molar-refractivity contribution >= 4 is 29.4 Å². The molecule has 0 radical (unpaired) electrons. The molecule has 3 rings (SSSR count). The second-order valence-electron chi connectivity index (χ2n) is 6.57. The first-order chi connectivity index (χ1) is 13.8. The zero-order valence-corrected chi connectivity index (χ0v) is 16.9. The van der Waals surface area contributed by atoms with Crippen molar-refractivity contribution in [2.45, 2.75) is 20.8 Å². The van der Waals surface area contributed by atoms with Crippen LogP contribution in [0.4, 0.5) is 5.69 Å². The monoisotopic (exact) mass is 410 g/mol. The summed E-state index contributed by atoms with van der Waals surface area (Å²) in [4.78, 5) is 22.8. The van der Waals surface area contributed by atoms with Gasteiger partial charge in [0.15, 0.2) is 0 Å². The molecular weight excluding hydrogens is 392 g/mol. The molecule has 29 heavy (non-hydrogen) atoms. The Balaban J connectivity index is 1.80. The minimum Gasteiger partial charge on any atom is -0.316 e. The van der Waals surface area contributed by atoms with E-state index in [0.717, 1.165) is 22.6 Å². The first-order valence-electron chi connectivity index (χ1n) is 8.82. The predicted octanol–water partition coefficient (Wildman–Crippen LogP) is 4.73. The van der Waals surface area contributed by atoms with Crippen molar-refractivity contribution in [1.82, 2.24) is 9.99 Å². The summed E-state index contributed by atoms with van der Waals surface area (Å²) < 4.78 is 2.01. The Morgan fingerprint density at radius 2 is 1.90 bits per heavy atom. The van der Waals surface area contributed by atoms with Crippen molar-refractivity contribution in [3.8, 4) is 5.69 Å². The number of nitrogens with zero attached hydrogens (tertiary/aromatic N) is 3. The number of benzene rings is 2. The molecule has 0 saturated heterocycles. The highest BCUT2D eigenvalue weighted by atomic mass is 35.5. The summed E-state index contributed by atoms with van der Waals surface area (Å²) in [6, 6.07) is 13.8. The molecule has 7 nitrogen and oxygen atoms in total. The van der Waals surface area contributed by atoms with Gasteiger partial charge in [-0.1, -0.05) is 29.8 Å². The normalized spacial score (nSPS) is 11.0. The number of hydrogen-bond donors (Lipinski definition) is 1. The number of hydrogen-bond acceptors (Lipinski definition) is 4. The lowest BCUT2D eigenvalue weighted by atomic mass is 10.1. The van der Waals surface area contributed by atoms with Gasteiger partial charge in [0, 0.05) is 34.1 Å². The van der Waals surface area contributed by atoms with Crippen molar-refractivity contribution in [3.05, 3.63) is 91.7 Å².